The SMILES string of the molecule is CNS(=O)(=O)C1(CN2CCc3c(C(=O)NCc4ccc(C#N)cc4)nn(C)c3C2=O)CC1. The molecule has 168 valence electrons. The van der Waals surface area contributed by atoms with Crippen LogP contribution in [-0.2, 0) is 30.0 Å². The lowest BCUT2D eigenvalue weighted by molar-refractivity contribution is 0.0724. The molecule has 1 aliphatic heterocycles. The lowest BCUT2D eigenvalue weighted by Gasteiger charge is -2.30. The van der Waals surface area contributed by atoms with Crippen molar-refractivity contribution in [3.63, 3.8) is 0 Å². The maximum Gasteiger partial charge on any atom is 0.272 e. The standard InChI is InChI=1S/C21H24N6O4S/c1-23-32(30,31)21(8-9-21)13-27-10-7-16-17(25-26(2)18(16)20(27)29)19(28)24-12-15-5-3-14(11-22)4-6-15/h3-6,23H,7-10,12-13H2,1-2H3,(H,24,28). The van der Waals surface area contributed by atoms with E-state index in [1.165, 1.54) is 11.7 Å². The first-order valence-electron chi connectivity index (χ1n) is 10.3. The topological polar surface area (TPSA) is 137 Å². The fraction of sp³-hybridized carbons (Fsp3) is 0.429. The molecule has 2 aromatic rings. The third-order valence-corrected chi connectivity index (χ3v) is 8.36. The van der Waals surface area contributed by atoms with E-state index in [9.17, 15) is 18.0 Å². The van der Waals surface area contributed by atoms with Gasteiger partial charge in [0.1, 0.15) is 10.4 Å². The van der Waals surface area contributed by atoms with Gasteiger partial charge in [-0.1, -0.05) is 12.1 Å². The van der Waals surface area contributed by atoms with Gasteiger partial charge < -0.3 is 10.2 Å². The van der Waals surface area contributed by atoms with Gasteiger partial charge in [0.2, 0.25) is 10.0 Å². The van der Waals surface area contributed by atoms with E-state index in [-0.39, 0.29) is 30.6 Å². The van der Waals surface area contributed by atoms with Crippen LogP contribution in [-0.4, -0.2) is 59.8 Å². The smallest absolute Gasteiger partial charge is 0.272 e. The number of rotatable bonds is 7. The largest absolute Gasteiger partial charge is 0.347 e. The van der Waals surface area contributed by atoms with Crippen molar-refractivity contribution in [2.24, 2.45) is 7.05 Å². The van der Waals surface area contributed by atoms with Gasteiger partial charge in [-0.25, -0.2) is 13.1 Å². The number of nitrogens with zero attached hydrogens (tertiary/aromatic N) is 4. The summed E-state index contributed by atoms with van der Waals surface area (Å²) in [5.74, 6) is -0.700. The number of carbonyl (C=O) groups is 2. The van der Waals surface area contributed by atoms with E-state index in [0.717, 1.165) is 5.56 Å². The highest BCUT2D eigenvalue weighted by Gasteiger charge is 2.56. The molecule has 0 radical (unpaired) electrons. The van der Waals surface area contributed by atoms with Crippen LogP contribution in [0.1, 0.15) is 50.5 Å². The summed E-state index contributed by atoms with van der Waals surface area (Å²) in [4.78, 5) is 27.4. The predicted molar refractivity (Wildman–Crippen MR) is 115 cm³/mol. The summed E-state index contributed by atoms with van der Waals surface area (Å²) in [6.45, 7) is 0.717. The van der Waals surface area contributed by atoms with Crippen LogP contribution in [0.3, 0.4) is 0 Å². The number of benzene rings is 1. The minimum Gasteiger partial charge on any atom is -0.347 e. The molecule has 1 fully saturated rings. The van der Waals surface area contributed by atoms with Gasteiger partial charge in [-0.3, -0.25) is 14.3 Å². The second kappa shape index (κ2) is 8.03. The van der Waals surface area contributed by atoms with Crippen molar-refractivity contribution in [1.29, 1.82) is 5.26 Å². The molecule has 1 saturated carbocycles. The van der Waals surface area contributed by atoms with Crippen LogP contribution in [0.25, 0.3) is 0 Å². The molecular weight excluding hydrogens is 432 g/mol. The Morgan fingerprint density at radius 1 is 1.28 bits per heavy atom. The van der Waals surface area contributed by atoms with E-state index in [4.69, 9.17) is 5.26 Å². The molecule has 0 bridgehead atoms. The van der Waals surface area contributed by atoms with Gasteiger partial charge in [0.15, 0.2) is 5.69 Å². The molecule has 10 nitrogen and oxygen atoms in total. The molecule has 1 aromatic heterocycles. The Kier molecular flexibility index (Phi) is 5.52. The minimum absolute atomic E-state index is 0.125. The summed E-state index contributed by atoms with van der Waals surface area (Å²) in [5, 5.41) is 16.0. The number of carbonyl (C=O) groups excluding carboxylic acids is 2. The Morgan fingerprint density at radius 3 is 2.56 bits per heavy atom. The molecule has 0 unspecified atom stereocenters. The zero-order valence-corrected chi connectivity index (χ0v) is 18.7. The fourth-order valence-corrected chi connectivity index (χ4v) is 5.48. The van der Waals surface area contributed by atoms with Crippen LogP contribution in [0, 0.1) is 11.3 Å². The van der Waals surface area contributed by atoms with E-state index in [0.29, 0.717) is 42.6 Å². The summed E-state index contributed by atoms with van der Waals surface area (Å²) in [7, 11) is -0.501. The molecule has 1 aliphatic carbocycles. The van der Waals surface area contributed by atoms with Gasteiger partial charge >= 0.3 is 0 Å². The molecular formula is C21H24N6O4S. The highest BCUT2D eigenvalue weighted by molar-refractivity contribution is 7.91. The lowest BCUT2D eigenvalue weighted by Crippen LogP contribution is -2.48. The summed E-state index contributed by atoms with van der Waals surface area (Å²) < 4.78 is 27.6. The second-order valence-corrected chi connectivity index (χ2v) is 10.4. The molecule has 2 heterocycles. The number of amides is 2. The van der Waals surface area contributed by atoms with E-state index in [1.54, 1.807) is 36.2 Å². The monoisotopic (exact) mass is 456 g/mol. The average molecular weight is 457 g/mol. The number of hydrogen-bond donors (Lipinski definition) is 2. The van der Waals surface area contributed by atoms with Gasteiger partial charge in [-0.2, -0.15) is 10.4 Å². The van der Waals surface area contributed by atoms with Crippen LogP contribution in [0.4, 0.5) is 0 Å². The Balaban J connectivity index is 1.49. The molecule has 4 rings (SSSR count). The second-order valence-electron chi connectivity index (χ2n) is 8.16. The molecule has 0 spiro atoms. The zero-order valence-electron chi connectivity index (χ0n) is 17.9. The first kappa shape index (κ1) is 22.0. The van der Waals surface area contributed by atoms with Crippen molar-refractivity contribution < 1.29 is 18.0 Å². The number of hydrogen-bond acceptors (Lipinski definition) is 6. The normalized spacial score (nSPS) is 16.9. The number of fused-ring (bicyclic) bond motifs is 1. The van der Waals surface area contributed by atoms with Crippen molar-refractivity contribution in [2.45, 2.75) is 30.6 Å². The van der Waals surface area contributed by atoms with Crippen LogP contribution in [0.2, 0.25) is 0 Å². The average Bonchev–Trinajstić information content (AvgIpc) is 3.51. The van der Waals surface area contributed by atoms with Gasteiger partial charge in [0.05, 0.1) is 11.6 Å². The van der Waals surface area contributed by atoms with Crippen molar-refractivity contribution in [2.75, 3.05) is 20.1 Å². The van der Waals surface area contributed by atoms with Crippen molar-refractivity contribution in [3.05, 3.63) is 52.3 Å². The van der Waals surface area contributed by atoms with E-state index < -0.39 is 14.8 Å². The Hall–Kier alpha value is -3.23. The Bertz CT molecular complexity index is 1220. The first-order chi connectivity index (χ1) is 15.2. The number of nitrogens with one attached hydrogen (secondary N) is 2. The van der Waals surface area contributed by atoms with Gasteiger partial charge in [0, 0.05) is 32.2 Å². The molecule has 2 amide bonds. The van der Waals surface area contributed by atoms with E-state index in [1.807, 2.05) is 6.07 Å². The van der Waals surface area contributed by atoms with Crippen LogP contribution < -0.4 is 10.0 Å². The number of aryl methyl sites for hydroxylation is 1. The molecule has 2 aliphatic rings. The minimum atomic E-state index is -3.49. The van der Waals surface area contributed by atoms with Gasteiger partial charge in [-0.05, 0) is 44.0 Å². The summed E-state index contributed by atoms with van der Waals surface area (Å²) in [6.07, 6.45) is 1.45. The lowest BCUT2D eigenvalue weighted by atomic mass is 10.0. The molecule has 32 heavy (non-hydrogen) atoms. The first-order valence-corrected chi connectivity index (χ1v) is 11.7. The number of sulfonamides is 1. The molecule has 0 saturated heterocycles. The summed E-state index contributed by atoms with van der Waals surface area (Å²) in [5.41, 5.74) is 2.47. The van der Waals surface area contributed by atoms with Crippen molar-refractivity contribution >= 4 is 21.8 Å². The Morgan fingerprint density at radius 2 is 1.97 bits per heavy atom. The quantitative estimate of drug-likeness (QED) is 0.615. The van der Waals surface area contributed by atoms with Crippen LogP contribution in [0.5, 0.6) is 0 Å². The van der Waals surface area contributed by atoms with E-state index in [2.05, 4.69) is 15.1 Å². The summed E-state index contributed by atoms with van der Waals surface area (Å²) in [6, 6.07) is 8.93. The fourth-order valence-electron chi connectivity index (χ4n) is 4.08. The van der Waals surface area contributed by atoms with Crippen molar-refractivity contribution in [1.82, 2.24) is 24.7 Å². The predicted octanol–water partition coefficient (Wildman–Crippen LogP) is 0.302. The highest BCUT2D eigenvalue weighted by atomic mass is 32.2. The molecule has 0 atom stereocenters. The van der Waals surface area contributed by atoms with E-state index >= 15 is 0 Å². The zero-order chi connectivity index (χ0) is 23.1. The van der Waals surface area contributed by atoms with Gasteiger partial charge in [-0.15, -0.1) is 0 Å². The third-order valence-electron chi connectivity index (χ3n) is 6.14. The number of aromatic nitrogens is 2. The molecule has 2 N–H and O–H groups in total. The maximum atomic E-state index is 13.1. The third kappa shape index (κ3) is 3.76. The van der Waals surface area contributed by atoms with Crippen LogP contribution >= 0.6 is 0 Å². The van der Waals surface area contributed by atoms with Crippen LogP contribution in [0.15, 0.2) is 24.3 Å². The number of nitriles is 1. The maximum absolute atomic E-state index is 13.1. The Labute approximate surface area is 186 Å². The summed E-state index contributed by atoms with van der Waals surface area (Å²) >= 11 is 0. The molecule has 1 aromatic carbocycles. The highest BCUT2D eigenvalue weighted by Crippen LogP contribution is 2.44. The van der Waals surface area contributed by atoms with Gasteiger partial charge in [0.25, 0.3) is 11.8 Å². The van der Waals surface area contributed by atoms with Crippen molar-refractivity contribution in [3.8, 4) is 6.07 Å². The molecule has 11 heteroatoms.